The van der Waals surface area contributed by atoms with Gasteiger partial charge in [0.2, 0.25) is 0 Å². The molecular weight excluding hydrogens is 214 g/mol. The molecular formula is C9H13N3O2S. The number of amides is 1. The summed E-state index contributed by atoms with van der Waals surface area (Å²) in [5, 5.41) is 14.9. The summed E-state index contributed by atoms with van der Waals surface area (Å²) < 4.78 is 0. The number of thiazole rings is 1. The van der Waals surface area contributed by atoms with Gasteiger partial charge in [0.05, 0.1) is 0 Å². The Kier molecular flexibility index (Phi) is 3.05. The number of hydrogen-bond donors (Lipinski definition) is 2. The fraction of sp³-hybridized carbons (Fsp3) is 0.556. The van der Waals surface area contributed by atoms with Crippen molar-refractivity contribution in [1.82, 2.24) is 9.88 Å². The van der Waals surface area contributed by atoms with Gasteiger partial charge in [0.1, 0.15) is 0 Å². The van der Waals surface area contributed by atoms with Crippen LogP contribution in [-0.2, 0) is 0 Å². The lowest BCUT2D eigenvalue weighted by molar-refractivity contribution is 0.134. The second kappa shape index (κ2) is 4.48. The van der Waals surface area contributed by atoms with Gasteiger partial charge in [0.15, 0.2) is 5.13 Å². The fourth-order valence-electron chi connectivity index (χ4n) is 1.68. The van der Waals surface area contributed by atoms with Gasteiger partial charge in [-0.15, -0.1) is 11.3 Å². The number of hydrogen-bond acceptors (Lipinski definition) is 4. The van der Waals surface area contributed by atoms with Gasteiger partial charge >= 0.3 is 6.09 Å². The van der Waals surface area contributed by atoms with Gasteiger partial charge in [-0.05, 0) is 12.8 Å². The van der Waals surface area contributed by atoms with E-state index in [4.69, 9.17) is 5.11 Å². The van der Waals surface area contributed by atoms with E-state index in [0.717, 1.165) is 18.0 Å². The molecule has 1 aliphatic rings. The first-order valence-corrected chi connectivity index (χ1v) is 5.77. The topological polar surface area (TPSA) is 65.5 Å². The van der Waals surface area contributed by atoms with Gasteiger partial charge < -0.3 is 15.3 Å². The second-order valence-corrected chi connectivity index (χ2v) is 4.42. The smallest absolute Gasteiger partial charge is 0.407 e. The number of nitrogens with zero attached hydrogens (tertiary/aromatic N) is 2. The molecule has 0 bridgehead atoms. The SMILES string of the molecule is O=C(O)N1CCC(Nc2nccs2)CC1. The largest absolute Gasteiger partial charge is 0.465 e. The molecule has 1 aromatic heterocycles. The number of piperidine rings is 1. The van der Waals surface area contributed by atoms with Crippen LogP contribution < -0.4 is 5.32 Å². The van der Waals surface area contributed by atoms with Crippen LogP contribution in [0.3, 0.4) is 0 Å². The maximum atomic E-state index is 10.7. The molecule has 6 heteroatoms. The van der Waals surface area contributed by atoms with E-state index in [1.54, 1.807) is 17.5 Å². The fourth-order valence-corrected chi connectivity index (χ4v) is 2.29. The molecule has 0 aliphatic carbocycles. The Labute approximate surface area is 91.7 Å². The van der Waals surface area contributed by atoms with Crippen molar-refractivity contribution in [2.24, 2.45) is 0 Å². The van der Waals surface area contributed by atoms with E-state index in [1.807, 2.05) is 5.38 Å². The molecule has 2 N–H and O–H groups in total. The van der Waals surface area contributed by atoms with Crippen molar-refractivity contribution in [3.05, 3.63) is 11.6 Å². The van der Waals surface area contributed by atoms with E-state index in [0.29, 0.717) is 19.1 Å². The van der Waals surface area contributed by atoms with Gasteiger partial charge in [0.25, 0.3) is 0 Å². The molecule has 0 saturated carbocycles. The van der Waals surface area contributed by atoms with Crippen LogP contribution in [0.15, 0.2) is 11.6 Å². The lowest BCUT2D eigenvalue weighted by atomic mass is 10.1. The monoisotopic (exact) mass is 227 g/mol. The molecule has 0 unspecified atom stereocenters. The van der Waals surface area contributed by atoms with Crippen LogP contribution in [0.4, 0.5) is 9.93 Å². The molecule has 15 heavy (non-hydrogen) atoms. The predicted octanol–water partition coefficient (Wildman–Crippen LogP) is 1.70. The van der Waals surface area contributed by atoms with Crippen LogP contribution in [0.1, 0.15) is 12.8 Å². The highest BCUT2D eigenvalue weighted by Crippen LogP contribution is 2.18. The summed E-state index contributed by atoms with van der Waals surface area (Å²) in [5.41, 5.74) is 0. The quantitative estimate of drug-likeness (QED) is 0.807. The molecule has 1 aromatic rings. The molecule has 1 fully saturated rings. The molecule has 0 spiro atoms. The molecule has 1 amide bonds. The maximum Gasteiger partial charge on any atom is 0.407 e. The van der Waals surface area contributed by atoms with Gasteiger partial charge in [-0.2, -0.15) is 0 Å². The van der Waals surface area contributed by atoms with Crippen molar-refractivity contribution in [3.8, 4) is 0 Å². The average Bonchev–Trinajstić information content (AvgIpc) is 2.71. The molecule has 1 saturated heterocycles. The Morgan fingerprint density at radius 2 is 2.33 bits per heavy atom. The van der Waals surface area contributed by atoms with Crippen molar-refractivity contribution in [3.63, 3.8) is 0 Å². The van der Waals surface area contributed by atoms with Crippen molar-refractivity contribution in [2.45, 2.75) is 18.9 Å². The van der Waals surface area contributed by atoms with Crippen LogP contribution in [0.2, 0.25) is 0 Å². The average molecular weight is 227 g/mol. The van der Waals surface area contributed by atoms with E-state index < -0.39 is 6.09 Å². The normalized spacial score (nSPS) is 17.7. The summed E-state index contributed by atoms with van der Waals surface area (Å²) in [6.45, 7) is 1.22. The molecule has 1 aliphatic heterocycles. The van der Waals surface area contributed by atoms with E-state index in [1.165, 1.54) is 4.90 Å². The van der Waals surface area contributed by atoms with Crippen molar-refractivity contribution < 1.29 is 9.90 Å². The Morgan fingerprint density at radius 1 is 1.60 bits per heavy atom. The van der Waals surface area contributed by atoms with Crippen LogP contribution >= 0.6 is 11.3 Å². The van der Waals surface area contributed by atoms with Gasteiger partial charge in [-0.3, -0.25) is 0 Å². The zero-order chi connectivity index (χ0) is 10.7. The Balaban J connectivity index is 1.81. The van der Waals surface area contributed by atoms with E-state index in [2.05, 4.69) is 10.3 Å². The number of nitrogens with one attached hydrogen (secondary N) is 1. The zero-order valence-electron chi connectivity index (χ0n) is 8.22. The lowest BCUT2D eigenvalue weighted by Gasteiger charge is -2.30. The summed E-state index contributed by atoms with van der Waals surface area (Å²) in [7, 11) is 0. The van der Waals surface area contributed by atoms with Gasteiger partial charge in [-0.1, -0.05) is 0 Å². The van der Waals surface area contributed by atoms with Crippen LogP contribution in [-0.4, -0.2) is 40.2 Å². The van der Waals surface area contributed by atoms with Crippen LogP contribution in [0.5, 0.6) is 0 Å². The second-order valence-electron chi connectivity index (χ2n) is 3.53. The molecule has 5 nitrogen and oxygen atoms in total. The van der Waals surface area contributed by atoms with E-state index in [-0.39, 0.29) is 0 Å². The summed E-state index contributed by atoms with van der Waals surface area (Å²) in [4.78, 5) is 16.3. The van der Waals surface area contributed by atoms with Crippen molar-refractivity contribution >= 4 is 22.6 Å². The third kappa shape index (κ3) is 2.59. The third-order valence-corrected chi connectivity index (χ3v) is 3.23. The maximum absolute atomic E-state index is 10.7. The summed E-state index contributed by atoms with van der Waals surface area (Å²) in [6, 6.07) is 0.353. The van der Waals surface area contributed by atoms with Gasteiger partial charge in [0, 0.05) is 30.7 Å². The Morgan fingerprint density at radius 3 is 2.87 bits per heavy atom. The Hall–Kier alpha value is -1.30. The lowest BCUT2D eigenvalue weighted by Crippen LogP contribution is -2.41. The van der Waals surface area contributed by atoms with Crippen molar-refractivity contribution in [2.75, 3.05) is 18.4 Å². The highest BCUT2D eigenvalue weighted by atomic mass is 32.1. The van der Waals surface area contributed by atoms with Crippen LogP contribution in [0, 0.1) is 0 Å². The van der Waals surface area contributed by atoms with Crippen molar-refractivity contribution in [1.29, 1.82) is 0 Å². The first kappa shape index (κ1) is 10.2. The minimum absolute atomic E-state index is 0.353. The van der Waals surface area contributed by atoms with E-state index in [9.17, 15) is 4.79 Å². The number of likely N-dealkylation sites (tertiary alicyclic amines) is 1. The first-order chi connectivity index (χ1) is 7.25. The molecule has 2 rings (SSSR count). The minimum Gasteiger partial charge on any atom is -0.465 e. The highest BCUT2D eigenvalue weighted by molar-refractivity contribution is 7.13. The molecule has 0 atom stereocenters. The molecule has 2 heterocycles. The predicted molar refractivity (Wildman–Crippen MR) is 58.4 cm³/mol. The number of carboxylic acid groups (broad SMARTS) is 1. The number of aromatic nitrogens is 1. The first-order valence-electron chi connectivity index (χ1n) is 4.89. The molecule has 0 radical (unpaired) electrons. The zero-order valence-corrected chi connectivity index (χ0v) is 9.04. The highest BCUT2D eigenvalue weighted by Gasteiger charge is 2.22. The number of rotatable bonds is 2. The standard InChI is InChI=1S/C9H13N3O2S/c13-9(14)12-4-1-7(2-5-12)11-8-10-3-6-15-8/h3,6-7H,1-2,4-5H2,(H,10,11)(H,13,14). The van der Waals surface area contributed by atoms with E-state index >= 15 is 0 Å². The summed E-state index contributed by atoms with van der Waals surface area (Å²) in [5.74, 6) is 0. The number of anilines is 1. The molecule has 82 valence electrons. The minimum atomic E-state index is -0.817. The third-order valence-electron chi connectivity index (χ3n) is 2.53. The summed E-state index contributed by atoms with van der Waals surface area (Å²) >= 11 is 1.57. The Bertz CT molecular complexity index is 320. The summed E-state index contributed by atoms with van der Waals surface area (Å²) in [6.07, 6.45) is 2.65. The molecule has 0 aromatic carbocycles. The van der Waals surface area contributed by atoms with Crippen LogP contribution in [0.25, 0.3) is 0 Å². The van der Waals surface area contributed by atoms with Gasteiger partial charge in [-0.25, -0.2) is 9.78 Å². The number of carbonyl (C=O) groups is 1.